The monoisotopic (exact) mass is 377 g/mol. The lowest BCUT2D eigenvalue weighted by Gasteiger charge is -2.42. The molecule has 0 saturated carbocycles. The van der Waals surface area contributed by atoms with Crippen LogP contribution in [0, 0.1) is 10.1 Å². The van der Waals surface area contributed by atoms with Crippen LogP contribution in [-0.4, -0.2) is 54.6 Å². The summed E-state index contributed by atoms with van der Waals surface area (Å²) in [5, 5.41) is 11.7. The van der Waals surface area contributed by atoms with E-state index in [1.165, 1.54) is 7.11 Å². The Morgan fingerprint density at radius 1 is 1.26 bits per heavy atom. The lowest BCUT2D eigenvalue weighted by Crippen LogP contribution is -2.53. The van der Waals surface area contributed by atoms with Crippen LogP contribution in [0.4, 0.5) is 11.4 Å². The zero-order valence-corrected chi connectivity index (χ0v) is 17.0. The maximum atomic E-state index is 11.7. The number of carbonyl (C=O) groups is 1. The second-order valence-corrected chi connectivity index (χ2v) is 8.04. The molecule has 150 valence electrons. The molecular weight excluding hydrogens is 346 g/mol. The molecule has 1 aromatic carbocycles. The van der Waals surface area contributed by atoms with E-state index < -0.39 is 0 Å². The molecule has 0 aliphatic carbocycles. The van der Waals surface area contributed by atoms with Crippen LogP contribution in [-0.2, 0) is 9.53 Å². The normalized spacial score (nSPS) is 16.9. The predicted molar refractivity (Wildman–Crippen MR) is 106 cm³/mol. The highest BCUT2D eigenvalue weighted by molar-refractivity contribution is 5.71. The minimum atomic E-state index is -0.320. The van der Waals surface area contributed by atoms with E-state index in [0.717, 1.165) is 38.2 Å². The van der Waals surface area contributed by atoms with Crippen molar-refractivity contribution in [1.82, 2.24) is 4.90 Å². The summed E-state index contributed by atoms with van der Waals surface area (Å²) < 4.78 is 4.75. The summed E-state index contributed by atoms with van der Waals surface area (Å²) in [6.07, 6.45) is 0.948. The van der Waals surface area contributed by atoms with Gasteiger partial charge in [0.15, 0.2) is 0 Å². The molecule has 1 aromatic rings. The Morgan fingerprint density at radius 3 is 2.37 bits per heavy atom. The van der Waals surface area contributed by atoms with Crippen LogP contribution in [0.5, 0.6) is 0 Å². The van der Waals surface area contributed by atoms with Crippen molar-refractivity contribution in [1.29, 1.82) is 0 Å². The first-order valence-electron chi connectivity index (χ1n) is 9.52. The van der Waals surface area contributed by atoms with E-state index in [1.54, 1.807) is 6.07 Å². The molecule has 1 saturated heterocycles. The molecule has 1 heterocycles. The molecule has 2 rings (SSSR count). The quantitative estimate of drug-likeness (QED) is 0.428. The maximum absolute atomic E-state index is 11.7. The standard InChI is InChI=1S/C20H31N3O4/c1-6-15(14-19(24)27-5)16-7-8-17(18(13-16)23(25)26)21-9-11-22(12-10-21)20(2,3)4/h7-8,13,15H,6,9-12,14H2,1-5H3. The Kier molecular flexibility index (Phi) is 6.81. The van der Waals surface area contributed by atoms with Crippen LogP contribution in [0.25, 0.3) is 0 Å². The average Bonchev–Trinajstić information content (AvgIpc) is 2.64. The lowest BCUT2D eigenvalue weighted by molar-refractivity contribution is -0.384. The highest BCUT2D eigenvalue weighted by Gasteiger charge is 2.29. The molecule has 0 aromatic heterocycles. The van der Waals surface area contributed by atoms with Crippen molar-refractivity contribution in [2.45, 2.75) is 52.0 Å². The number of benzene rings is 1. The van der Waals surface area contributed by atoms with Crippen molar-refractivity contribution in [3.63, 3.8) is 0 Å². The molecule has 27 heavy (non-hydrogen) atoms. The van der Waals surface area contributed by atoms with Gasteiger partial charge in [0.05, 0.1) is 18.5 Å². The smallest absolute Gasteiger partial charge is 0.306 e. The third kappa shape index (κ3) is 5.19. The van der Waals surface area contributed by atoms with Gasteiger partial charge in [-0.3, -0.25) is 19.8 Å². The fraction of sp³-hybridized carbons (Fsp3) is 0.650. The first-order valence-corrected chi connectivity index (χ1v) is 9.52. The van der Waals surface area contributed by atoms with E-state index in [2.05, 4.69) is 30.6 Å². The summed E-state index contributed by atoms with van der Waals surface area (Å²) in [6, 6.07) is 5.37. The van der Waals surface area contributed by atoms with Crippen molar-refractivity contribution in [3.05, 3.63) is 33.9 Å². The average molecular weight is 377 g/mol. The van der Waals surface area contributed by atoms with Gasteiger partial charge in [0.25, 0.3) is 5.69 Å². The Balaban J connectivity index is 2.23. The molecule has 1 fully saturated rings. The van der Waals surface area contributed by atoms with E-state index in [1.807, 2.05) is 19.1 Å². The van der Waals surface area contributed by atoms with Crippen LogP contribution >= 0.6 is 0 Å². The minimum Gasteiger partial charge on any atom is -0.469 e. The van der Waals surface area contributed by atoms with Crippen molar-refractivity contribution >= 4 is 17.3 Å². The van der Waals surface area contributed by atoms with Crippen molar-refractivity contribution in [2.24, 2.45) is 0 Å². The first kappa shape index (κ1) is 21.2. The van der Waals surface area contributed by atoms with Gasteiger partial charge in [0.1, 0.15) is 5.69 Å². The number of rotatable bonds is 6. The maximum Gasteiger partial charge on any atom is 0.306 e. The van der Waals surface area contributed by atoms with Gasteiger partial charge in [-0.25, -0.2) is 0 Å². The van der Waals surface area contributed by atoms with Crippen molar-refractivity contribution < 1.29 is 14.5 Å². The van der Waals surface area contributed by atoms with Crippen LogP contribution in [0.2, 0.25) is 0 Å². The van der Waals surface area contributed by atoms with E-state index in [0.29, 0.717) is 5.69 Å². The topological polar surface area (TPSA) is 75.9 Å². The lowest BCUT2D eigenvalue weighted by atomic mass is 9.92. The summed E-state index contributed by atoms with van der Waals surface area (Å²) in [4.78, 5) is 27.5. The van der Waals surface area contributed by atoms with Gasteiger partial charge >= 0.3 is 5.97 Å². The predicted octanol–water partition coefficient (Wildman–Crippen LogP) is 3.57. The third-order valence-electron chi connectivity index (χ3n) is 5.37. The summed E-state index contributed by atoms with van der Waals surface area (Å²) in [5.74, 6) is -0.380. The molecule has 0 amide bonds. The fourth-order valence-electron chi connectivity index (χ4n) is 3.61. The molecule has 0 N–H and O–H groups in total. The van der Waals surface area contributed by atoms with Gasteiger partial charge < -0.3 is 9.64 Å². The number of hydrogen-bond donors (Lipinski definition) is 0. The summed E-state index contributed by atoms with van der Waals surface area (Å²) in [6.45, 7) is 11.8. The molecule has 0 spiro atoms. The third-order valence-corrected chi connectivity index (χ3v) is 5.37. The molecule has 0 bridgehead atoms. The Morgan fingerprint density at radius 2 is 1.89 bits per heavy atom. The molecular formula is C20H31N3O4. The Hall–Kier alpha value is -2.15. The van der Waals surface area contributed by atoms with E-state index >= 15 is 0 Å². The van der Waals surface area contributed by atoms with Gasteiger partial charge in [-0.15, -0.1) is 0 Å². The molecule has 1 unspecified atom stereocenters. The number of piperazine rings is 1. The molecule has 0 radical (unpaired) electrons. The number of anilines is 1. The van der Waals surface area contributed by atoms with Crippen LogP contribution in [0.15, 0.2) is 18.2 Å². The molecule has 1 aliphatic rings. The largest absolute Gasteiger partial charge is 0.469 e. The van der Waals surface area contributed by atoms with Gasteiger partial charge in [-0.1, -0.05) is 13.0 Å². The summed E-state index contributed by atoms with van der Waals surface area (Å²) in [5.41, 5.74) is 1.68. The zero-order chi connectivity index (χ0) is 20.2. The fourth-order valence-corrected chi connectivity index (χ4v) is 3.61. The van der Waals surface area contributed by atoms with Crippen LogP contribution in [0.3, 0.4) is 0 Å². The summed E-state index contributed by atoms with van der Waals surface area (Å²) in [7, 11) is 1.36. The summed E-state index contributed by atoms with van der Waals surface area (Å²) >= 11 is 0. The van der Waals surface area contributed by atoms with Crippen LogP contribution < -0.4 is 4.90 Å². The number of nitrogens with zero attached hydrogens (tertiary/aromatic N) is 3. The number of methoxy groups -OCH3 is 1. The highest BCUT2D eigenvalue weighted by Crippen LogP contribution is 2.34. The number of hydrogen-bond acceptors (Lipinski definition) is 6. The number of ether oxygens (including phenoxy) is 1. The zero-order valence-electron chi connectivity index (χ0n) is 17.0. The van der Waals surface area contributed by atoms with Gasteiger partial charge in [-0.2, -0.15) is 0 Å². The molecule has 7 nitrogen and oxygen atoms in total. The molecule has 1 atom stereocenters. The Bertz CT molecular complexity index is 676. The van der Waals surface area contributed by atoms with E-state index in [9.17, 15) is 14.9 Å². The second kappa shape index (κ2) is 8.69. The van der Waals surface area contributed by atoms with Crippen molar-refractivity contribution in [3.8, 4) is 0 Å². The van der Waals surface area contributed by atoms with Gasteiger partial charge in [0, 0.05) is 37.8 Å². The van der Waals surface area contributed by atoms with Crippen LogP contribution in [0.1, 0.15) is 52.0 Å². The van der Waals surface area contributed by atoms with E-state index in [-0.39, 0.29) is 34.5 Å². The number of carbonyl (C=O) groups excluding carboxylic acids is 1. The van der Waals surface area contributed by atoms with Gasteiger partial charge in [-0.05, 0) is 44.7 Å². The molecule has 7 heteroatoms. The number of nitro groups is 1. The Labute approximate surface area is 161 Å². The van der Waals surface area contributed by atoms with E-state index in [4.69, 9.17) is 4.74 Å². The SMILES string of the molecule is CCC(CC(=O)OC)c1ccc(N2CCN(C(C)(C)C)CC2)c([N+](=O)[O-])c1. The highest BCUT2D eigenvalue weighted by atomic mass is 16.6. The number of esters is 1. The second-order valence-electron chi connectivity index (χ2n) is 8.04. The number of nitro benzene ring substituents is 1. The first-order chi connectivity index (χ1) is 12.7. The van der Waals surface area contributed by atoms with Gasteiger partial charge in [0.2, 0.25) is 0 Å². The van der Waals surface area contributed by atoms with Crippen molar-refractivity contribution in [2.75, 3.05) is 38.2 Å². The molecule has 1 aliphatic heterocycles. The minimum absolute atomic E-state index is 0.0806.